The molecule has 90 valence electrons. The van der Waals surface area contributed by atoms with Crippen LogP contribution in [0.4, 0.5) is 5.82 Å². The van der Waals surface area contributed by atoms with Gasteiger partial charge >= 0.3 is 0 Å². The van der Waals surface area contributed by atoms with Gasteiger partial charge in [-0.25, -0.2) is 9.97 Å². The molecular weight excluding hydrogens is 212 g/mol. The Hall–Kier alpha value is -1.63. The lowest BCUT2D eigenvalue weighted by Crippen LogP contribution is -2.25. The van der Waals surface area contributed by atoms with Crippen molar-refractivity contribution in [2.45, 2.75) is 39.7 Å². The molecule has 2 rings (SSSR count). The molecule has 0 radical (unpaired) electrons. The first-order valence-electron chi connectivity index (χ1n) is 6.12. The molecule has 0 amide bonds. The third-order valence-electron chi connectivity index (χ3n) is 3.82. The maximum atomic E-state index is 9.03. The van der Waals surface area contributed by atoms with Crippen LogP contribution in [0.25, 0.3) is 0 Å². The minimum Gasteiger partial charge on any atom is -0.366 e. The third-order valence-corrected chi connectivity index (χ3v) is 3.82. The zero-order valence-electron chi connectivity index (χ0n) is 10.6. The number of hydrogen-bond donors (Lipinski definition) is 1. The van der Waals surface area contributed by atoms with Crippen LogP contribution >= 0.6 is 0 Å². The summed E-state index contributed by atoms with van der Waals surface area (Å²) in [4.78, 5) is 8.37. The average molecular weight is 230 g/mol. The van der Waals surface area contributed by atoms with Gasteiger partial charge in [-0.2, -0.15) is 5.26 Å². The van der Waals surface area contributed by atoms with Crippen molar-refractivity contribution in [3.63, 3.8) is 0 Å². The molecule has 4 nitrogen and oxygen atoms in total. The molecule has 0 saturated heterocycles. The molecule has 1 saturated carbocycles. The van der Waals surface area contributed by atoms with Crippen molar-refractivity contribution in [2.24, 2.45) is 11.8 Å². The van der Waals surface area contributed by atoms with Crippen LogP contribution < -0.4 is 5.32 Å². The number of aromatic nitrogens is 2. The maximum Gasteiger partial charge on any atom is 0.147 e. The fourth-order valence-corrected chi connectivity index (χ4v) is 2.41. The van der Waals surface area contributed by atoms with Gasteiger partial charge in [-0.1, -0.05) is 13.8 Å². The van der Waals surface area contributed by atoms with E-state index in [1.165, 1.54) is 6.42 Å². The highest BCUT2D eigenvalue weighted by Gasteiger charge is 2.30. The van der Waals surface area contributed by atoms with Gasteiger partial charge in [0.1, 0.15) is 23.3 Å². The van der Waals surface area contributed by atoms with Crippen molar-refractivity contribution in [3.05, 3.63) is 17.6 Å². The smallest absolute Gasteiger partial charge is 0.147 e. The maximum absolute atomic E-state index is 9.03. The second-order valence-corrected chi connectivity index (χ2v) is 4.96. The lowest BCUT2D eigenvalue weighted by Gasteiger charge is -2.20. The zero-order chi connectivity index (χ0) is 12.4. The van der Waals surface area contributed by atoms with Crippen LogP contribution in [0.5, 0.6) is 0 Å². The third kappa shape index (κ3) is 2.38. The Bertz CT molecular complexity index is 449. The van der Waals surface area contributed by atoms with Gasteiger partial charge in [-0.05, 0) is 31.6 Å². The molecule has 1 aliphatic carbocycles. The van der Waals surface area contributed by atoms with Gasteiger partial charge in [0.25, 0.3) is 0 Å². The topological polar surface area (TPSA) is 61.6 Å². The van der Waals surface area contributed by atoms with Gasteiger partial charge in [0.05, 0.1) is 6.20 Å². The number of rotatable bonds is 2. The van der Waals surface area contributed by atoms with Crippen LogP contribution in [0, 0.1) is 30.1 Å². The summed E-state index contributed by atoms with van der Waals surface area (Å²) in [6.45, 7) is 6.38. The highest BCUT2D eigenvalue weighted by Crippen LogP contribution is 2.33. The molecule has 0 aliphatic heterocycles. The second kappa shape index (κ2) is 4.70. The van der Waals surface area contributed by atoms with Gasteiger partial charge in [-0.3, -0.25) is 0 Å². The van der Waals surface area contributed by atoms with E-state index in [-0.39, 0.29) is 0 Å². The predicted octanol–water partition coefficient (Wildman–Crippen LogP) is 2.50. The molecule has 1 N–H and O–H groups in total. The molecule has 1 aromatic rings. The highest BCUT2D eigenvalue weighted by atomic mass is 15.1. The van der Waals surface area contributed by atoms with E-state index in [1.807, 2.05) is 6.92 Å². The van der Waals surface area contributed by atoms with Gasteiger partial charge < -0.3 is 5.32 Å². The molecule has 0 bridgehead atoms. The molecule has 0 aromatic carbocycles. The monoisotopic (exact) mass is 230 g/mol. The van der Waals surface area contributed by atoms with Crippen molar-refractivity contribution in [3.8, 4) is 6.07 Å². The Morgan fingerprint density at radius 2 is 2.18 bits per heavy atom. The molecular formula is C13H18N4. The summed E-state index contributed by atoms with van der Waals surface area (Å²) < 4.78 is 0. The van der Waals surface area contributed by atoms with Crippen molar-refractivity contribution >= 4 is 5.82 Å². The van der Waals surface area contributed by atoms with E-state index < -0.39 is 0 Å². The Kier molecular flexibility index (Phi) is 3.28. The lowest BCUT2D eigenvalue weighted by molar-refractivity contribution is 0.435. The minimum absolute atomic E-state index is 0.423. The number of nitriles is 1. The quantitative estimate of drug-likeness (QED) is 0.848. The first-order valence-corrected chi connectivity index (χ1v) is 6.12. The summed E-state index contributed by atoms with van der Waals surface area (Å²) >= 11 is 0. The Labute approximate surface area is 102 Å². The van der Waals surface area contributed by atoms with E-state index in [0.717, 1.165) is 12.3 Å². The average Bonchev–Trinajstić information content (AvgIpc) is 2.61. The van der Waals surface area contributed by atoms with E-state index in [0.29, 0.717) is 29.2 Å². The number of hydrogen-bond acceptors (Lipinski definition) is 4. The molecule has 1 fully saturated rings. The van der Waals surface area contributed by atoms with Crippen LogP contribution in [-0.2, 0) is 0 Å². The fourth-order valence-electron chi connectivity index (χ4n) is 2.41. The normalized spacial score (nSPS) is 27.8. The second-order valence-electron chi connectivity index (χ2n) is 4.96. The molecule has 3 unspecified atom stereocenters. The lowest BCUT2D eigenvalue weighted by atomic mass is 9.98. The van der Waals surface area contributed by atoms with Crippen LogP contribution in [-0.4, -0.2) is 16.0 Å². The summed E-state index contributed by atoms with van der Waals surface area (Å²) in [6.07, 6.45) is 3.98. The van der Waals surface area contributed by atoms with Gasteiger partial charge in [0.15, 0.2) is 0 Å². The standard InChI is InChI=1S/C13H18N4/c1-8-4-5-12(9(8)2)17-13-11(6-14)7-15-10(3)16-13/h7-9,12H,4-5H2,1-3H3,(H,15,16,17). The fraction of sp³-hybridized carbons (Fsp3) is 0.615. The van der Waals surface area contributed by atoms with Gasteiger partial charge in [0, 0.05) is 6.04 Å². The van der Waals surface area contributed by atoms with E-state index >= 15 is 0 Å². The van der Waals surface area contributed by atoms with Gasteiger partial charge in [0.2, 0.25) is 0 Å². The number of aryl methyl sites for hydroxylation is 1. The van der Waals surface area contributed by atoms with Crippen LogP contribution in [0.2, 0.25) is 0 Å². The van der Waals surface area contributed by atoms with Gasteiger partial charge in [-0.15, -0.1) is 0 Å². The Balaban J connectivity index is 2.19. The number of nitrogens with zero attached hydrogens (tertiary/aromatic N) is 3. The first-order chi connectivity index (χ1) is 8.11. The summed E-state index contributed by atoms with van der Waals surface area (Å²) in [6, 6.07) is 2.56. The SMILES string of the molecule is Cc1ncc(C#N)c(NC2CCC(C)C2C)n1. The minimum atomic E-state index is 0.423. The molecule has 1 aromatic heterocycles. The summed E-state index contributed by atoms with van der Waals surface area (Å²) in [5, 5.41) is 12.4. The highest BCUT2D eigenvalue weighted by molar-refractivity contribution is 5.51. The number of nitrogens with one attached hydrogen (secondary N) is 1. The molecule has 1 aliphatic rings. The van der Waals surface area contributed by atoms with E-state index in [1.54, 1.807) is 6.20 Å². The molecule has 0 spiro atoms. The zero-order valence-corrected chi connectivity index (χ0v) is 10.6. The largest absolute Gasteiger partial charge is 0.366 e. The Morgan fingerprint density at radius 1 is 1.41 bits per heavy atom. The van der Waals surface area contributed by atoms with E-state index in [4.69, 9.17) is 5.26 Å². The van der Waals surface area contributed by atoms with Crippen LogP contribution in [0.3, 0.4) is 0 Å². The summed E-state index contributed by atoms with van der Waals surface area (Å²) in [5.41, 5.74) is 0.530. The molecule has 17 heavy (non-hydrogen) atoms. The van der Waals surface area contributed by atoms with Crippen molar-refractivity contribution in [1.82, 2.24) is 9.97 Å². The first kappa shape index (κ1) is 11.8. The van der Waals surface area contributed by atoms with Crippen molar-refractivity contribution in [2.75, 3.05) is 5.32 Å². The van der Waals surface area contributed by atoms with Crippen molar-refractivity contribution < 1.29 is 0 Å². The Morgan fingerprint density at radius 3 is 2.76 bits per heavy atom. The molecule has 4 heteroatoms. The predicted molar refractivity (Wildman–Crippen MR) is 66.5 cm³/mol. The number of anilines is 1. The van der Waals surface area contributed by atoms with E-state index in [2.05, 4.69) is 35.2 Å². The molecule has 3 atom stereocenters. The summed E-state index contributed by atoms with van der Waals surface area (Å²) in [7, 11) is 0. The molecule has 1 heterocycles. The van der Waals surface area contributed by atoms with E-state index in [9.17, 15) is 0 Å². The van der Waals surface area contributed by atoms with Crippen LogP contribution in [0.1, 0.15) is 38.1 Å². The van der Waals surface area contributed by atoms with Crippen molar-refractivity contribution in [1.29, 1.82) is 5.26 Å². The summed E-state index contributed by atoms with van der Waals surface area (Å²) in [5.74, 6) is 2.74. The van der Waals surface area contributed by atoms with Crippen LogP contribution in [0.15, 0.2) is 6.20 Å².